The highest BCUT2D eigenvalue weighted by Gasteiger charge is 2.71. The molecule has 1 heterocycles. The Morgan fingerprint density at radius 1 is 0.660 bits per heavy atom. The maximum atomic E-state index is 13.8. The van der Waals surface area contributed by atoms with Crippen molar-refractivity contribution in [3.8, 4) is 11.1 Å². The zero-order chi connectivity index (χ0) is 33.4. The van der Waals surface area contributed by atoms with Gasteiger partial charge in [-0.3, -0.25) is 0 Å². The molecule has 0 saturated carbocycles. The van der Waals surface area contributed by atoms with Crippen molar-refractivity contribution in [1.82, 2.24) is 9.97 Å². The molecule has 0 radical (unpaired) electrons. The van der Waals surface area contributed by atoms with Gasteiger partial charge in [-0.05, 0) is 46.9 Å². The van der Waals surface area contributed by atoms with Crippen molar-refractivity contribution in [3.63, 3.8) is 0 Å². The molecule has 0 atom stereocenters. The second-order valence-corrected chi connectivity index (χ2v) is 10.9. The molecule has 238 valence electrons. The number of ether oxygens (including phenoxy) is 1. The second kappa shape index (κ2) is 12.1. The van der Waals surface area contributed by atoms with Crippen LogP contribution in [0.25, 0.3) is 33.2 Å². The predicted octanol–water partition coefficient (Wildman–Crippen LogP) is 8.71. The van der Waals surface area contributed by atoms with Crippen molar-refractivity contribution in [2.24, 2.45) is 0 Å². The van der Waals surface area contributed by atoms with E-state index in [1.165, 1.54) is 0 Å². The maximum Gasteiger partial charge on any atom is 0.430 e. The van der Waals surface area contributed by atoms with Gasteiger partial charge in [0.1, 0.15) is 12.1 Å². The summed E-state index contributed by atoms with van der Waals surface area (Å²) in [5.41, 5.74) is -2.61. The standard InChI is InChI=1S/C36H24F6N2O3/c37-35(38,39)34(46,36(40,41)42)26-17-15-24(16-18-26)27-20-25(19-22-9-3-1-4-10-22)30(33(45)47-21-23-11-5-2-6-12-23)32-31(27)43-28-13-7-8-14-29(28)44-32/h1-18,20,46H,19,21H2. The zero-order valence-electron chi connectivity index (χ0n) is 24.3. The van der Waals surface area contributed by atoms with Crippen LogP contribution in [0.3, 0.4) is 0 Å². The van der Waals surface area contributed by atoms with Crippen LogP contribution in [0.1, 0.15) is 32.6 Å². The molecule has 6 rings (SSSR count). The normalized spacial score (nSPS) is 12.4. The van der Waals surface area contributed by atoms with Gasteiger partial charge in [0, 0.05) is 11.1 Å². The SMILES string of the molecule is O=C(OCc1ccccc1)c1c(Cc2ccccc2)cc(-c2ccc(C(O)(C(F)(F)F)C(F)(F)F)cc2)c2nc3ccccc3nc12. The quantitative estimate of drug-likeness (QED) is 0.107. The lowest BCUT2D eigenvalue weighted by Gasteiger charge is -2.32. The second-order valence-electron chi connectivity index (χ2n) is 10.9. The van der Waals surface area contributed by atoms with Gasteiger partial charge in [0.25, 0.3) is 5.60 Å². The van der Waals surface area contributed by atoms with Crippen molar-refractivity contribution in [3.05, 3.63) is 143 Å². The number of alkyl halides is 6. The fraction of sp³-hybridized carbons (Fsp3) is 0.139. The van der Waals surface area contributed by atoms with E-state index < -0.39 is 29.5 Å². The first-order valence-corrected chi connectivity index (χ1v) is 14.3. The number of carbonyl (C=O) groups is 1. The lowest BCUT2D eigenvalue weighted by molar-refractivity contribution is -0.376. The molecule has 1 aromatic heterocycles. The van der Waals surface area contributed by atoms with Gasteiger partial charge in [-0.1, -0.05) is 97.1 Å². The molecule has 0 spiro atoms. The number of rotatable bonds is 7. The Hall–Kier alpha value is -5.29. The van der Waals surface area contributed by atoms with Crippen LogP contribution >= 0.6 is 0 Å². The van der Waals surface area contributed by atoms with E-state index in [1.54, 1.807) is 54.6 Å². The molecule has 0 aliphatic heterocycles. The summed E-state index contributed by atoms with van der Waals surface area (Å²) in [5, 5.41) is 9.92. The smallest absolute Gasteiger partial charge is 0.430 e. The van der Waals surface area contributed by atoms with E-state index in [-0.39, 0.29) is 35.2 Å². The molecule has 47 heavy (non-hydrogen) atoms. The summed E-state index contributed by atoms with van der Waals surface area (Å²) in [5.74, 6) is -0.684. The number of hydrogen-bond acceptors (Lipinski definition) is 5. The number of para-hydroxylation sites is 2. The molecule has 11 heteroatoms. The molecule has 0 aliphatic carbocycles. The van der Waals surface area contributed by atoms with Crippen LogP contribution in [0.2, 0.25) is 0 Å². The van der Waals surface area contributed by atoms with Gasteiger partial charge in [-0.15, -0.1) is 0 Å². The molecular weight excluding hydrogens is 622 g/mol. The molecular formula is C36H24F6N2O3. The van der Waals surface area contributed by atoms with E-state index >= 15 is 0 Å². The topological polar surface area (TPSA) is 72.3 Å². The minimum Gasteiger partial charge on any atom is -0.457 e. The third-order valence-electron chi connectivity index (χ3n) is 7.79. The fourth-order valence-corrected chi connectivity index (χ4v) is 5.41. The molecule has 0 fully saturated rings. The summed E-state index contributed by atoms with van der Waals surface area (Å²) < 4.78 is 87.2. The van der Waals surface area contributed by atoms with Gasteiger partial charge in [0.05, 0.1) is 22.1 Å². The number of aromatic nitrogens is 2. The van der Waals surface area contributed by atoms with Gasteiger partial charge < -0.3 is 9.84 Å². The number of fused-ring (bicyclic) bond motifs is 2. The molecule has 1 N–H and O–H groups in total. The molecule has 0 amide bonds. The number of nitrogens with zero attached hydrogens (tertiary/aromatic N) is 2. The summed E-state index contributed by atoms with van der Waals surface area (Å²) in [6.07, 6.45) is -11.9. The molecule has 0 unspecified atom stereocenters. The van der Waals surface area contributed by atoms with E-state index in [9.17, 15) is 36.2 Å². The number of benzene rings is 5. The van der Waals surface area contributed by atoms with Crippen molar-refractivity contribution in [1.29, 1.82) is 0 Å². The molecule has 6 aromatic rings. The number of hydrogen-bond donors (Lipinski definition) is 1. The first-order chi connectivity index (χ1) is 22.4. The highest BCUT2D eigenvalue weighted by molar-refractivity contribution is 6.09. The summed E-state index contributed by atoms with van der Waals surface area (Å²) in [6.45, 7) is -0.0303. The minimum absolute atomic E-state index is 0.0303. The fourth-order valence-electron chi connectivity index (χ4n) is 5.41. The van der Waals surface area contributed by atoms with Gasteiger partial charge in [0.15, 0.2) is 0 Å². The Balaban J connectivity index is 1.56. The van der Waals surface area contributed by atoms with Gasteiger partial charge in [-0.2, -0.15) is 26.3 Å². The summed E-state index contributed by atoms with van der Waals surface area (Å²) in [7, 11) is 0. The number of halogens is 6. The maximum absolute atomic E-state index is 13.8. The highest BCUT2D eigenvalue weighted by Crippen LogP contribution is 2.50. The van der Waals surface area contributed by atoms with Crippen LogP contribution in [0.5, 0.6) is 0 Å². The molecule has 5 nitrogen and oxygen atoms in total. The van der Waals surface area contributed by atoms with Crippen molar-refractivity contribution >= 4 is 28.0 Å². The zero-order valence-corrected chi connectivity index (χ0v) is 24.3. The Morgan fingerprint density at radius 3 is 1.72 bits per heavy atom. The van der Waals surface area contributed by atoms with Crippen LogP contribution in [0, 0.1) is 0 Å². The van der Waals surface area contributed by atoms with Crippen molar-refractivity contribution in [2.45, 2.75) is 31.0 Å². The summed E-state index contributed by atoms with van der Waals surface area (Å²) >= 11 is 0. The first kappa shape index (κ1) is 31.7. The third kappa shape index (κ3) is 6.01. The van der Waals surface area contributed by atoms with Crippen molar-refractivity contribution < 1.29 is 41.0 Å². The van der Waals surface area contributed by atoms with E-state index in [2.05, 4.69) is 0 Å². The Morgan fingerprint density at radius 2 is 1.17 bits per heavy atom. The Kier molecular flexibility index (Phi) is 8.19. The van der Waals surface area contributed by atoms with Crippen LogP contribution < -0.4 is 0 Å². The van der Waals surface area contributed by atoms with E-state index in [0.717, 1.165) is 23.3 Å². The monoisotopic (exact) mass is 646 g/mol. The average molecular weight is 647 g/mol. The number of carbonyl (C=O) groups excluding carboxylic acids is 1. The van der Waals surface area contributed by atoms with Crippen LogP contribution in [-0.4, -0.2) is 33.4 Å². The van der Waals surface area contributed by atoms with Gasteiger partial charge in [-0.25, -0.2) is 14.8 Å². The van der Waals surface area contributed by atoms with Crippen LogP contribution in [0.15, 0.2) is 115 Å². The third-order valence-corrected chi connectivity index (χ3v) is 7.79. The highest BCUT2D eigenvalue weighted by atomic mass is 19.4. The summed E-state index contributed by atoms with van der Waals surface area (Å²) in [6, 6.07) is 29.9. The van der Waals surface area contributed by atoms with Crippen molar-refractivity contribution in [2.75, 3.05) is 0 Å². The van der Waals surface area contributed by atoms with Gasteiger partial charge >= 0.3 is 18.3 Å². The molecule has 0 aliphatic rings. The Bertz CT molecular complexity index is 2050. The molecule has 0 saturated heterocycles. The predicted molar refractivity (Wildman–Crippen MR) is 163 cm³/mol. The average Bonchev–Trinajstić information content (AvgIpc) is 3.05. The van der Waals surface area contributed by atoms with Gasteiger partial charge in [0.2, 0.25) is 0 Å². The Labute approximate surface area is 264 Å². The van der Waals surface area contributed by atoms with E-state index in [4.69, 9.17) is 14.7 Å². The first-order valence-electron chi connectivity index (χ1n) is 14.3. The summed E-state index contributed by atoms with van der Waals surface area (Å²) in [4.78, 5) is 23.3. The van der Waals surface area contributed by atoms with E-state index in [0.29, 0.717) is 34.3 Å². The number of aliphatic hydroxyl groups is 1. The van der Waals surface area contributed by atoms with Crippen LogP contribution in [0.4, 0.5) is 26.3 Å². The lowest BCUT2D eigenvalue weighted by Crippen LogP contribution is -2.53. The van der Waals surface area contributed by atoms with Crippen LogP contribution in [-0.2, 0) is 23.4 Å². The molecule has 5 aromatic carbocycles. The minimum atomic E-state index is -6.03. The largest absolute Gasteiger partial charge is 0.457 e. The lowest BCUT2D eigenvalue weighted by atomic mass is 9.89. The van der Waals surface area contributed by atoms with E-state index in [1.807, 2.05) is 36.4 Å². The number of esters is 1. The molecule has 0 bridgehead atoms.